The Morgan fingerprint density at radius 3 is 2.87 bits per heavy atom. The van der Waals surface area contributed by atoms with E-state index in [4.69, 9.17) is 5.73 Å². The zero-order valence-corrected chi connectivity index (χ0v) is 12.7. The first-order valence-electron chi connectivity index (χ1n) is 7.42. The molecule has 4 rings (SSSR count). The quantitative estimate of drug-likeness (QED) is 0.890. The van der Waals surface area contributed by atoms with Crippen LogP contribution in [0.2, 0.25) is 0 Å². The van der Waals surface area contributed by atoms with E-state index in [0.717, 1.165) is 23.2 Å². The highest BCUT2D eigenvalue weighted by Crippen LogP contribution is 2.58. The highest BCUT2D eigenvalue weighted by Gasteiger charge is 2.58. The molecular weight excluding hydrogens is 292 g/mol. The molecule has 2 N–H and O–H groups in total. The normalized spacial score (nSPS) is 26.3. The zero-order chi connectivity index (χ0) is 16.0. The number of nitrogens with two attached hydrogens (primary N) is 1. The van der Waals surface area contributed by atoms with E-state index < -0.39 is 0 Å². The van der Waals surface area contributed by atoms with Crippen LogP contribution in [0.15, 0.2) is 42.0 Å². The third-order valence-electron chi connectivity index (χ3n) is 4.60. The van der Waals surface area contributed by atoms with Crippen LogP contribution < -0.4 is 5.73 Å². The summed E-state index contributed by atoms with van der Waals surface area (Å²) in [7, 11) is 1.66. The summed E-state index contributed by atoms with van der Waals surface area (Å²) in [4.78, 5) is 30.5. The molecule has 3 heterocycles. The SMILES string of the molecule is CN1C(=O)CC2(CC2c2ccnc(-c3cncnc3)c2)N=C1N. The van der Waals surface area contributed by atoms with Crippen LogP contribution >= 0.6 is 0 Å². The first kappa shape index (κ1) is 13.8. The van der Waals surface area contributed by atoms with Crippen LogP contribution in [0, 0.1) is 0 Å². The predicted molar refractivity (Wildman–Crippen MR) is 84.4 cm³/mol. The zero-order valence-electron chi connectivity index (χ0n) is 12.7. The maximum Gasteiger partial charge on any atom is 0.231 e. The summed E-state index contributed by atoms with van der Waals surface area (Å²) in [5.41, 5.74) is 8.30. The fraction of sp³-hybridized carbons (Fsp3) is 0.312. The first-order chi connectivity index (χ1) is 11.1. The van der Waals surface area contributed by atoms with Crippen LogP contribution in [-0.2, 0) is 4.79 Å². The van der Waals surface area contributed by atoms with Gasteiger partial charge < -0.3 is 5.73 Å². The van der Waals surface area contributed by atoms with E-state index in [1.807, 2.05) is 12.1 Å². The molecule has 2 unspecified atom stereocenters. The van der Waals surface area contributed by atoms with Crippen LogP contribution in [-0.4, -0.2) is 44.3 Å². The molecule has 2 aliphatic rings. The van der Waals surface area contributed by atoms with Gasteiger partial charge in [0.25, 0.3) is 0 Å². The molecule has 1 spiro atoms. The third kappa shape index (κ3) is 2.25. The first-order valence-corrected chi connectivity index (χ1v) is 7.42. The number of rotatable bonds is 2. The number of amides is 1. The van der Waals surface area contributed by atoms with E-state index in [2.05, 4.69) is 19.9 Å². The van der Waals surface area contributed by atoms with Crippen molar-refractivity contribution in [3.05, 3.63) is 42.6 Å². The van der Waals surface area contributed by atoms with Gasteiger partial charge in [0.1, 0.15) is 6.33 Å². The molecule has 1 amide bonds. The Morgan fingerprint density at radius 2 is 2.13 bits per heavy atom. The van der Waals surface area contributed by atoms with E-state index in [9.17, 15) is 4.79 Å². The number of aliphatic imine (C=N–C) groups is 1. The number of pyridine rings is 1. The molecule has 1 aliphatic carbocycles. The maximum absolute atomic E-state index is 12.1. The van der Waals surface area contributed by atoms with Gasteiger partial charge in [0.05, 0.1) is 17.7 Å². The van der Waals surface area contributed by atoms with Crippen molar-refractivity contribution in [2.45, 2.75) is 24.3 Å². The smallest absolute Gasteiger partial charge is 0.231 e. The van der Waals surface area contributed by atoms with Crippen LogP contribution in [0.25, 0.3) is 11.3 Å². The molecule has 1 saturated carbocycles. The molecule has 7 heteroatoms. The Hall–Kier alpha value is -2.83. The van der Waals surface area contributed by atoms with E-state index in [0.29, 0.717) is 12.4 Å². The summed E-state index contributed by atoms with van der Waals surface area (Å²) in [6.07, 6.45) is 7.97. The molecule has 2 atom stereocenters. The number of hydrogen-bond acceptors (Lipinski definition) is 6. The van der Waals surface area contributed by atoms with Crippen molar-refractivity contribution in [2.24, 2.45) is 10.7 Å². The van der Waals surface area contributed by atoms with Gasteiger partial charge in [-0.05, 0) is 24.1 Å². The Balaban J connectivity index is 1.65. The molecule has 0 aromatic carbocycles. The lowest BCUT2D eigenvalue weighted by Gasteiger charge is -2.26. The van der Waals surface area contributed by atoms with Gasteiger partial charge in [-0.1, -0.05) is 0 Å². The topological polar surface area (TPSA) is 97.4 Å². The Kier molecular flexibility index (Phi) is 2.90. The van der Waals surface area contributed by atoms with Crippen LogP contribution in [0.1, 0.15) is 24.3 Å². The molecule has 7 nitrogen and oxygen atoms in total. The molecule has 1 aliphatic heterocycles. The second kappa shape index (κ2) is 4.84. The predicted octanol–water partition coefficient (Wildman–Crippen LogP) is 0.941. The maximum atomic E-state index is 12.1. The Bertz CT molecular complexity index is 805. The monoisotopic (exact) mass is 308 g/mol. The third-order valence-corrected chi connectivity index (χ3v) is 4.60. The average molecular weight is 308 g/mol. The number of carbonyl (C=O) groups is 1. The van der Waals surface area contributed by atoms with Crippen LogP contribution in [0.5, 0.6) is 0 Å². The molecular formula is C16H16N6O. The van der Waals surface area contributed by atoms with Crippen LogP contribution in [0.4, 0.5) is 0 Å². The van der Waals surface area contributed by atoms with Gasteiger partial charge in [0.15, 0.2) is 5.96 Å². The summed E-state index contributed by atoms with van der Waals surface area (Å²) >= 11 is 0. The minimum atomic E-state index is -0.376. The molecule has 0 radical (unpaired) electrons. The largest absolute Gasteiger partial charge is 0.369 e. The Morgan fingerprint density at radius 1 is 1.35 bits per heavy atom. The van der Waals surface area contributed by atoms with Crippen molar-refractivity contribution >= 4 is 11.9 Å². The number of carbonyl (C=O) groups excluding carboxylic acids is 1. The number of nitrogens with zero attached hydrogens (tertiary/aromatic N) is 5. The van der Waals surface area contributed by atoms with E-state index in [1.54, 1.807) is 25.6 Å². The molecule has 1 fully saturated rings. The molecule has 2 aromatic rings. The second-order valence-electron chi connectivity index (χ2n) is 6.06. The summed E-state index contributed by atoms with van der Waals surface area (Å²) < 4.78 is 0. The molecule has 0 saturated heterocycles. The summed E-state index contributed by atoms with van der Waals surface area (Å²) in [5, 5.41) is 0. The standard InChI is InChI=1S/C16H16N6O/c1-22-14(23)6-16(21-15(22)17)5-12(16)10-2-3-20-13(4-10)11-7-18-9-19-8-11/h2-4,7-9,12H,5-6H2,1H3,(H2,17,21). The molecule has 2 aromatic heterocycles. The minimum Gasteiger partial charge on any atom is -0.369 e. The van der Waals surface area contributed by atoms with Crippen molar-refractivity contribution in [1.82, 2.24) is 19.9 Å². The van der Waals surface area contributed by atoms with Gasteiger partial charge in [-0.2, -0.15) is 0 Å². The van der Waals surface area contributed by atoms with Gasteiger partial charge in [-0.25, -0.2) is 15.0 Å². The van der Waals surface area contributed by atoms with Crippen molar-refractivity contribution < 1.29 is 4.79 Å². The van der Waals surface area contributed by atoms with E-state index >= 15 is 0 Å². The van der Waals surface area contributed by atoms with Gasteiger partial charge >= 0.3 is 0 Å². The van der Waals surface area contributed by atoms with Gasteiger partial charge in [0.2, 0.25) is 5.91 Å². The number of aromatic nitrogens is 3. The van der Waals surface area contributed by atoms with Gasteiger partial charge in [-0.3, -0.25) is 14.7 Å². The molecule has 23 heavy (non-hydrogen) atoms. The minimum absolute atomic E-state index is 0.0192. The summed E-state index contributed by atoms with van der Waals surface area (Å²) in [6, 6.07) is 3.99. The van der Waals surface area contributed by atoms with Gasteiger partial charge in [0, 0.05) is 37.1 Å². The summed E-state index contributed by atoms with van der Waals surface area (Å²) in [6.45, 7) is 0. The van der Waals surface area contributed by atoms with E-state index in [-0.39, 0.29) is 17.4 Å². The van der Waals surface area contributed by atoms with E-state index in [1.165, 1.54) is 11.2 Å². The summed E-state index contributed by atoms with van der Waals surface area (Å²) in [5.74, 6) is 0.519. The highest BCUT2D eigenvalue weighted by molar-refractivity contribution is 5.99. The van der Waals surface area contributed by atoms with Crippen molar-refractivity contribution in [1.29, 1.82) is 0 Å². The van der Waals surface area contributed by atoms with Crippen molar-refractivity contribution in [2.75, 3.05) is 7.05 Å². The number of guanidine groups is 1. The molecule has 116 valence electrons. The van der Waals surface area contributed by atoms with Gasteiger partial charge in [-0.15, -0.1) is 0 Å². The fourth-order valence-electron chi connectivity index (χ4n) is 3.15. The fourth-order valence-corrected chi connectivity index (χ4v) is 3.15. The lowest BCUT2D eigenvalue weighted by Crippen LogP contribution is -2.45. The average Bonchev–Trinajstić information content (AvgIpc) is 3.26. The highest BCUT2D eigenvalue weighted by atomic mass is 16.2. The lowest BCUT2D eigenvalue weighted by atomic mass is 10.0. The lowest BCUT2D eigenvalue weighted by molar-refractivity contribution is -0.127. The second-order valence-corrected chi connectivity index (χ2v) is 6.06. The van der Waals surface area contributed by atoms with Crippen molar-refractivity contribution in [3.8, 4) is 11.3 Å². The number of hydrogen-bond donors (Lipinski definition) is 1. The molecule has 0 bridgehead atoms. The Labute approximate surface area is 133 Å². The van der Waals surface area contributed by atoms with Crippen LogP contribution in [0.3, 0.4) is 0 Å². The van der Waals surface area contributed by atoms with Crippen molar-refractivity contribution in [3.63, 3.8) is 0 Å².